The van der Waals surface area contributed by atoms with Crippen molar-refractivity contribution in [3.63, 3.8) is 0 Å². The van der Waals surface area contributed by atoms with Crippen LogP contribution in [0.1, 0.15) is 62.3 Å². The van der Waals surface area contributed by atoms with Gasteiger partial charge in [0.2, 0.25) is 11.8 Å². The summed E-state index contributed by atoms with van der Waals surface area (Å²) in [5.74, 6) is -0.893. The second kappa shape index (κ2) is 8.59. The van der Waals surface area contributed by atoms with Gasteiger partial charge in [0.05, 0.1) is 6.61 Å². The molecule has 7 nitrogen and oxygen atoms in total. The van der Waals surface area contributed by atoms with Crippen LogP contribution in [-0.4, -0.2) is 57.2 Å². The molecule has 0 saturated carbocycles. The number of fused-ring (bicyclic) bond motifs is 3. The van der Waals surface area contributed by atoms with Crippen LogP contribution in [-0.2, 0) is 9.59 Å². The van der Waals surface area contributed by atoms with Crippen molar-refractivity contribution in [3.8, 4) is 0 Å². The second-order valence-electron chi connectivity index (χ2n) is 8.74. The predicted octanol–water partition coefficient (Wildman–Crippen LogP) is 2.06. The summed E-state index contributed by atoms with van der Waals surface area (Å²) in [6, 6.07) is 5.63. The molecule has 2 aliphatic heterocycles. The fourth-order valence-corrected chi connectivity index (χ4v) is 5.71. The van der Waals surface area contributed by atoms with Crippen molar-refractivity contribution < 1.29 is 19.5 Å². The minimum absolute atomic E-state index is 0.0979. The molecule has 0 aliphatic carbocycles. The number of nitrogens with zero attached hydrogens (tertiary/aromatic N) is 1. The molecule has 0 radical (unpaired) electrons. The Kier molecular flexibility index (Phi) is 6.48. The molecule has 3 amide bonds. The van der Waals surface area contributed by atoms with Crippen molar-refractivity contribution >= 4 is 29.5 Å². The van der Waals surface area contributed by atoms with Gasteiger partial charge in [0.15, 0.2) is 0 Å². The molecule has 2 heterocycles. The summed E-state index contributed by atoms with van der Waals surface area (Å²) in [7, 11) is 0. The summed E-state index contributed by atoms with van der Waals surface area (Å²) in [4.78, 5) is 41.0. The smallest absolute Gasteiger partial charge is 0.256 e. The van der Waals surface area contributed by atoms with Gasteiger partial charge in [-0.25, -0.2) is 0 Å². The van der Waals surface area contributed by atoms with Gasteiger partial charge in [-0.15, -0.1) is 11.8 Å². The van der Waals surface area contributed by atoms with E-state index in [1.807, 2.05) is 45.9 Å². The molecule has 1 aromatic rings. The number of carbonyl (C=O) groups is 3. The topological polar surface area (TPSA) is 98.7 Å². The molecule has 1 saturated heterocycles. The minimum Gasteiger partial charge on any atom is -0.394 e. The third kappa shape index (κ3) is 3.95. The van der Waals surface area contributed by atoms with E-state index in [1.54, 1.807) is 29.7 Å². The molecule has 1 fully saturated rings. The largest absolute Gasteiger partial charge is 0.394 e. The molecule has 0 spiro atoms. The highest BCUT2D eigenvalue weighted by Crippen LogP contribution is 2.56. The van der Waals surface area contributed by atoms with E-state index in [1.165, 1.54) is 0 Å². The van der Waals surface area contributed by atoms with Crippen LogP contribution in [0.2, 0.25) is 0 Å². The lowest BCUT2D eigenvalue weighted by Crippen LogP contribution is -2.59. The van der Waals surface area contributed by atoms with Crippen LogP contribution in [0.4, 0.5) is 0 Å². The van der Waals surface area contributed by atoms with Crippen LogP contribution in [0.25, 0.3) is 0 Å². The van der Waals surface area contributed by atoms with Crippen LogP contribution < -0.4 is 10.6 Å². The maximum absolute atomic E-state index is 13.4. The molecule has 1 aromatic carbocycles. The highest BCUT2D eigenvalue weighted by Gasteiger charge is 2.57. The van der Waals surface area contributed by atoms with Crippen molar-refractivity contribution in [1.82, 2.24) is 15.5 Å². The van der Waals surface area contributed by atoms with Crippen LogP contribution in [0.5, 0.6) is 0 Å². The van der Waals surface area contributed by atoms with Crippen molar-refractivity contribution in [2.75, 3.05) is 6.61 Å². The van der Waals surface area contributed by atoms with Gasteiger partial charge < -0.3 is 20.6 Å². The van der Waals surface area contributed by atoms with E-state index in [0.717, 1.165) is 5.56 Å². The lowest BCUT2D eigenvalue weighted by atomic mass is 9.95. The number of carbonyl (C=O) groups excluding carboxylic acids is 3. The van der Waals surface area contributed by atoms with Crippen LogP contribution in [0.15, 0.2) is 24.3 Å². The number of aliphatic hydroxyl groups is 1. The molecule has 2 aliphatic rings. The van der Waals surface area contributed by atoms with E-state index in [4.69, 9.17) is 0 Å². The average Bonchev–Trinajstić information content (AvgIpc) is 3.14. The van der Waals surface area contributed by atoms with Crippen LogP contribution >= 0.6 is 11.8 Å². The number of hydrogen-bond donors (Lipinski definition) is 3. The van der Waals surface area contributed by atoms with E-state index in [-0.39, 0.29) is 35.6 Å². The van der Waals surface area contributed by atoms with Gasteiger partial charge in [0.1, 0.15) is 17.5 Å². The van der Waals surface area contributed by atoms with Gasteiger partial charge in [-0.1, -0.05) is 38.5 Å². The van der Waals surface area contributed by atoms with Crippen molar-refractivity contribution in [3.05, 3.63) is 35.4 Å². The number of amides is 3. The number of aliphatic hydroxyl groups excluding tert-OH is 1. The fourth-order valence-electron chi connectivity index (χ4n) is 4.12. The number of nitrogens with one attached hydrogen (secondary N) is 2. The number of benzene rings is 1. The van der Waals surface area contributed by atoms with E-state index in [9.17, 15) is 19.5 Å². The first-order chi connectivity index (χ1) is 14.1. The maximum Gasteiger partial charge on any atom is 0.256 e. The monoisotopic (exact) mass is 433 g/mol. The Balaban J connectivity index is 1.85. The Labute approximate surface area is 182 Å². The average molecular weight is 434 g/mol. The molecular weight excluding hydrogens is 402 g/mol. The molecule has 0 bridgehead atoms. The summed E-state index contributed by atoms with van der Waals surface area (Å²) >= 11 is 1.60. The van der Waals surface area contributed by atoms with E-state index < -0.39 is 22.9 Å². The zero-order chi connectivity index (χ0) is 22.2. The van der Waals surface area contributed by atoms with E-state index >= 15 is 0 Å². The predicted molar refractivity (Wildman–Crippen MR) is 117 cm³/mol. The quantitative estimate of drug-likeness (QED) is 0.611. The molecule has 3 N–H and O–H groups in total. The molecule has 0 unspecified atom stereocenters. The molecular formula is C22H31N3O4S. The Bertz CT molecular complexity index is 843. The Morgan fingerprint density at radius 3 is 2.53 bits per heavy atom. The normalized spacial score (nSPS) is 24.6. The zero-order valence-electron chi connectivity index (χ0n) is 18.1. The van der Waals surface area contributed by atoms with Gasteiger partial charge in [-0.3, -0.25) is 14.4 Å². The Hall–Kier alpha value is -2.06. The summed E-state index contributed by atoms with van der Waals surface area (Å²) in [5.41, 5.74) is 1.57. The van der Waals surface area contributed by atoms with Crippen molar-refractivity contribution in [2.24, 2.45) is 5.92 Å². The summed E-state index contributed by atoms with van der Waals surface area (Å²) in [6.07, 6.45) is 0.700. The third-order valence-electron chi connectivity index (χ3n) is 6.00. The first-order valence-corrected chi connectivity index (χ1v) is 11.3. The van der Waals surface area contributed by atoms with Gasteiger partial charge in [0, 0.05) is 16.4 Å². The van der Waals surface area contributed by atoms with Crippen molar-refractivity contribution in [2.45, 2.75) is 69.3 Å². The summed E-state index contributed by atoms with van der Waals surface area (Å²) in [6.45, 7) is 9.31. The number of thioether (sulfide) groups is 1. The standard InChI is InChI=1S/C22H31N3O4S/c1-6-12(2)16(18(27)23-13(3)11-26)24-19(28)17-22(4,5)30-21-15-10-8-7-9-14(15)20(29)25(17)21/h7-10,12-13,16-17,21,26H,6,11H2,1-5H3,(H,23,27)(H,24,28)/t12-,13-,16-,17+,21-/m0/s1. The maximum atomic E-state index is 13.4. The van der Waals surface area contributed by atoms with Gasteiger partial charge >= 0.3 is 0 Å². The van der Waals surface area contributed by atoms with E-state index in [0.29, 0.717) is 12.0 Å². The molecule has 30 heavy (non-hydrogen) atoms. The molecule has 3 rings (SSSR count). The lowest BCUT2D eigenvalue weighted by molar-refractivity contribution is -0.133. The van der Waals surface area contributed by atoms with Gasteiger partial charge in [-0.2, -0.15) is 0 Å². The molecule has 0 aromatic heterocycles. The summed E-state index contributed by atoms with van der Waals surface area (Å²) in [5, 5.41) is 14.7. The van der Waals surface area contributed by atoms with Crippen molar-refractivity contribution in [1.29, 1.82) is 0 Å². The fraction of sp³-hybridized carbons (Fsp3) is 0.591. The first kappa shape index (κ1) is 22.6. The zero-order valence-corrected chi connectivity index (χ0v) is 19.0. The van der Waals surface area contributed by atoms with Gasteiger partial charge in [0.25, 0.3) is 5.91 Å². The van der Waals surface area contributed by atoms with Crippen LogP contribution in [0.3, 0.4) is 0 Å². The highest BCUT2D eigenvalue weighted by atomic mass is 32.2. The van der Waals surface area contributed by atoms with E-state index in [2.05, 4.69) is 10.6 Å². The van der Waals surface area contributed by atoms with Gasteiger partial charge in [-0.05, 0) is 38.3 Å². The third-order valence-corrected chi connectivity index (χ3v) is 7.54. The summed E-state index contributed by atoms with van der Waals surface area (Å²) < 4.78 is -0.507. The number of rotatable bonds is 7. The SMILES string of the molecule is CC[C@H](C)[C@H](NC(=O)[C@H]1N2C(=O)c3ccccc3[C@@H]2SC1(C)C)C(=O)N[C@@H](C)CO. The minimum atomic E-state index is -0.739. The lowest BCUT2D eigenvalue weighted by Gasteiger charge is -2.32. The second-order valence-corrected chi connectivity index (χ2v) is 10.5. The first-order valence-electron chi connectivity index (χ1n) is 10.4. The Morgan fingerprint density at radius 2 is 1.90 bits per heavy atom. The molecule has 164 valence electrons. The highest BCUT2D eigenvalue weighted by molar-refractivity contribution is 8.01. The van der Waals surface area contributed by atoms with Crippen LogP contribution in [0, 0.1) is 5.92 Å². The Morgan fingerprint density at radius 1 is 1.23 bits per heavy atom. The molecule has 5 atom stereocenters. The number of hydrogen-bond acceptors (Lipinski definition) is 5. The molecule has 8 heteroatoms.